The predicted octanol–water partition coefficient (Wildman–Crippen LogP) is 4.08. The number of carboxylic acid groups (broad SMARTS) is 1. The van der Waals surface area contributed by atoms with E-state index < -0.39 is 11.8 Å². The fraction of sp³-hybridized carbons (Fsp3) is 0. The molecule has 0 fully saturated rings. The Morgan fingerprint density at radius 2 is 2.11 bits per heavy atom. The molecule has 1 aromatic heterocycles. The molecule has 4 nitrogen and oxygen atoms in total. The molecule has 0 atom stereocenters. The number of carboxylic acids is 1. The Labute approximate surface area is 121 Å². The summed E-state index contributed by atoms with van der Waals surface area (Å²) in [5.74, 6) is -1.53. The predicted molar refractivity (Wildman–Crippen MR) is 73.6 cm³/mol. The zero-order valence-corrected chi connectivity index (χ0v) is 11.7. The van der Waals surface area contributed by atoms with E-state index in [9.17, 15) is 9.18 Å². The number of nitrogens with one attached hydrogen (secondary N) is 1. The molecular formula is C12H7BrClFN2O2. The molecule has 0 unspecified atom stereocenters. The van der Waals surface area contributed by atoms with Crippen molar-refractivity contribution in [3.05, 3.63) is 51.3 Å². The molecule has 0 saturated heterocycles. The van der Waals surface area contributed by atoms with Gasteiger partial charge in [-0.2, -0.15) is 0 Å². The van der Waals surface area contributed by atoms with Crippen LogP contribution < -0.4 is 5.32 Å². The minimum atomic E-state index is -1.25. The van der Waals surface area contributed by atoms with Gasteiger partial charge in [0.2, 0.25) is 0 Å². The second kappa shape index (κ2) is 5.54. The molecule has 0 bridgehead atoms. The van der Waals surface area contributed by atoms with Crippen LogP contribution in [0.3, 0.4) is 0 Å². The lowest BCUT2D eigenvalue weighted by molar-refractivity contribution is 0.0691. The van der Waals surface area contributed by atoms with Gasteiger partial charge < -0.3 is 10.4 Å². The zero-order valence-electron chi connectivity index (χ0n) is 9.32. The largest absolute Gasteiger partial charge is 0.476 e. The summed E-state index contributed by atoms with van der Waals surface area (Å²) >= 11 is 8.84. The smallest absolute Gasteiger partial charge is 0.356 e. The SMILES string of the molecule is O=C(O)c1nc(Nc2ccc(Br)cc2F)ccc1Cl. The average Bonchev–Trinajstić information content (AvgIpc) is 2.34. The lowest BCUT2D eigenvalue weighted by Crippen LogP contribution is -2.04. The van der Waals surface area contributed by atoms with Gasteiger partial charge in [-0.05, 0) is 30.3 Å². The molecule has 0 aliphatic heterocycles. The van der Waals surface area contributed by atoms with Gasteiger partial charge in [0.05, 0.1) is 10.7 Å². The molecule has 0 aliphatic rings. The van der Waals surface area contributed by atoms with Crippen LogP contribution in [-0.2, 0) is 0 Å². The van der Waals surface area contributed by atoms with Crippen molar-refractivity contribution < 1.29 is 14.3 Å². The van der Waals surface area contributed by atoms with Crippen molar-refractivity contribution in [2.45, 2.75) is 0 Å². The number of pyridine rings is 1. The van der Waals surface area contributed by atoms with Gasteiger partial charge in [0.1, 0.15) is 11.6 Å². The molecule has 0 spiro atoms. The Morgan fingerprint density at radius 1 is 1.37 bits per heavy atom. The van der Waals surface area contributed by atoms with E-state index in [4.69, 9.17) is 16.7 Å². The molecule has 1 heterocycles. The number of aromatic nitrogens is 1. The minimum Gasteiger partial charge on any atom is -0.476 e. The summed E-state index contributed by atoms with van der Waals surface area (Å²) in [6.45, 7) is 0. The maximum atomic E-state index is 13.6. The van der Waals surface area contributed by atoms with Crippen LogP contribution in [0, 0.1) is 5.82 Å². The van der Waals surface area contributed by atoms with Crippen LogP contribution in [0.25, 0.3) is 0 Å². The number of hydrogen-bond acceptors (Lipinski definition) is 3. The van der Waals surface area contributed by atoms with E-state index in [-0.39, 0.29) is 22.2 Å². The normalized spacial score (nSPS) is 10.3. The molecule has 2 aromatic rings. The van der Waals surface area contributed by atoms with Gasteiger partial charge in [-0.15, -0.1) is 0 Å². The summed E-state index contributed by atoms with van der Waals surface area (Å²) < 4.78 is 14.2. The second-order valence-electron chi connectivity index (χ2n) is 3.58. The standard InChI is InChI=1S/C12H7BrClFN2O2/c13-6-1-3-9(8(15)5-6)16-10-4-2-7(14)11(17-10)12(18)19/h1-5H,(H,16,17)(H,18,19). The van der Waals surface area contributed by atoms with Gasteiger partial charge in [0, 0.05) is 4.47 Å². The minimum absolute atomic E-state index is 0.0225. The third kappa shape index (κ3) is 3.21. The van der Waals surface area contributed by atoms with E-state index in [0.29, 0.717) is 4.47 Å². The Balaban J connectivity index is 2.33. The number of nitrogens with zero attached hydrogens (tertiary/aromatic N) is 1. The van der Waals surface area contributed by atoms with Crippen LogP contribution in [0.5, 0.6) is 0 Å². The number of halogens is 3. The van der Waals surface area contributed by atoms with Gasteiger partial charge >= 0.3 is 5.97 Å². The lowest BCUT2D eigenvalue weighted by Gasteiger charge is -2.08. The van der Waals surface area contributed by atoms with Crippen molar-refractivity contribution in [3.63, 3.8) is 0 Å². The van der Waals surface area contributed by atoms with E-state index in [1.807, 2.05) is 0 Å². The molecule has 2 N–H and O–H groups in total. The van der Waals surface area contributed by atoms with Gasteiger partial charge in [-0.3, -0.25) is 0 Å². The number of benzene rings is 1. The van der Waals surface area contributed by atoms with Crippen LogP contribution in [-0.4, -0.2) is 16.1 Å². The first-order valence-electron chi connectivity index (χ1n) is 5.09. The highest BCUT2D eigenvalue weighted by molar-refractivity contribution is 9.10. The molecule has 98 valence electrons. The third-order valence-electron chi connectivity index (χ3n) is 2.24. The number of aromatic carboxylic acids is 1. The summed E-state index contributed by atoms with van der Waals surface area (Å²) in [4.78, 5) is 14.7. The van der Waals surface area contributed by atoms with Crippen LogP contribution in [0.1, 0.15) is 10.5 Å². The molecule has 0 radical (unpaired) electrons. The van der Waals surface area contributed by atoms with Gasteiger partial charge in [0.25, 0.3) is 0 Å². The molecule has 2 rings (SSSR count). The number of carbonyl (C=O) groups is 1. The highest BCUT2D eigenvalue weighted by atomic mass is 79.9. The van der Waals surface area contributed by atoms with Gasteiger partial charge in [-0.1, -0.05) is 27.5 Å². The summed E-state index contributed by atoms with van der Waals surface area (Å²) in [6, 6.07) is 7.30. The maximum Gasteiger partial charge on any atom is 0.356 e. The average molecular weight is 346 g/mol. The van der Waals surface area contributed by atoms with Crippen LogP contribution in [0.2, 0.25) is 5.02 Å². The monoisotopic (exact) mass is 344 g/mol. The van der Waals surface area contributed by atoms with Crippen molar-refractivity contribution in [3.8, 4) is 0 Å². The molecule has 0 amide bonds. The maximum absolute atomic E-state index is 13.6. The second-order valence-corrected chi connectivity index (χ2v) is 4.90. The molecule has 7 heteroatoms. The Bertz CT molecular complexity index is 652. The number of hydrogen-bond donors (Lipinski definition) is 2. The number of anilines is 2. The van der Waals surface area contributed by atoms with Crippen LogP contribution >= 0.6 is 27.5 Å². The highest BCUT2D eigenvalue weighted by Gasteiger charge is 2.12. The molecule has 0 saturated carbocycles. The van der Waals surface area contributed by atoms with Crippen molar-refractivity contribution >= 4 is 45.0 Å². The molecule has 19 heavy (non-hydrogen) atoms. The van der Waals surface area contributed by atoms with E-state index in [2.05, 4.69) is 26.2 Å². The molecule has 0 aliphatic carbocycles. The summed E-state index contributed by atoms with van der Waals surface area (Å²) in [7, 11) is 0. The highest BCUT2D eigenvalue weighted by Crippen LogP contribution is 2.24. The first-order valence-corrected chi connectivity index (χ1v) is 6.26. The summed E-state index contributed by atoms with van der Waals surface area (Å²) in [5, 5.41) is 11.6. The lowest BCUT2D eigenvalue weighted by atomic mass is 10.3. The van der Waals surface area contributed by atoms with Gasteiger partial charge in [-0.25, -0.2) is 14.2 Å². The zero-order chi connectivity index (χ0) is 14.0. The summed E-state index contributed by atoms with van der Waals surface area (Å²) in [5.41, 5.74) is -0.0986. The van der Waals surface area contributed by atoms with Crippen molar-refractivity contribution in [1.29, 1.82) is 0 Å². The van der Waals surface area contributed by atoms with Gasteiger partial charge in [0.15, 0.2) is 5.69 Å². The van der Waals surface area contributed by atoms with Crippen molar-refractivity contribution in [2.75, 3.05) is 5.32 Å². The quantitative estimate of drug-likeness (QED) is 0.880. The van der Waals surface area contributed by atoms with Crippen LogP contribution in [0.4, 0.5) is 15.9 Å². The molecular weight excluding hydrogens is 338 g/mol. The van der Waals surface area contributed by atoms with Crippen LogP contribution in [0.15, 0.2) is 34.8 Å². The Morgan fingerprint density at radius 3 is 2.74 bits per heavy atom. The van der Waals surface area contributed by atoms with E-state index >= 15 is 0 Å². The van der Waals surface area contributed by atoms with E-state index in [1.165, 1.54) is 24.3 Å². The first kappa shape index (κ1) is 13.8. The Hall–Kier alpha value is -1.66. The molecule has 1 aromatic carbocycles. The third-order valence-corrected chi connectivity index (χ3v) is 3.04. The fourth-order valence-corrected chi connectivity index (χ4v) is 1.91. The van der Waals surface area contributed by atoms with Crippen molar-refractivity contribution in [2.24, 2.45) is 0 Å². The fourth-order valence-electron chi connectivity index (χ4n) is 1.39. The van der Waals surface area contributed by atoms with E-state index in [0.717, 1.165) is 0 Å². The van der Waals surface area contributed by atoms with Crippen molar-refractivity contribution in [1.82, 2.24) is 4.98 Å². The topological polar surface area (TPSA) is 62.2 Å². The summed E-state index contributed by atoms with van der Waals surface area (Å²) in [6.07, 6.45) is 0. The van der Waals surface area contributed by atoms with E-state index in [1.54, 1.807) is 6.07 Å². The first-order chi connectivity index (χ1) is 8.97. The Kier molecular flexibility index (Phi) is 4.01. The number of rotatable bonds is 3.